The van der Waals surface area contributed by atoms with E-state index < -0.39 is 0 Å². The molecule has 1 fully saturated rings. The van der Waals surface area contributed by atoms with Crippen LogP contribution < -0.4 is 4.74 Å². The second-order valence-corrected chi connectivity index (χ2v) is 3.41. The van der Waals surface area contributed by atoms with Crippen LogP contribution in [0.4, 0.5) is 0 Å². The average molecular weight is 189 g/mol. The fourth-order valence-electron chi connectivity index (χ4n) is 1.23. The van der Waals surface area contributed by atoms with Crippen molar-refractivity contribution in [2.45, 2.75) is 25.6 Å². The Balaban J connectivity index is 2.27. The number of benzene rings is 1. The molecule has 1 aromatic carbocycles. The second-order valence-electron chi connectivity index (χ2n) is 3.41. The fourth-order valence-corrected chi connectivity index (χ4v) is 1.23. The minimum Gasteiger partial charge on any atom is -0.490 e. The molecule has 3 nitrogen and oxygen atoms in total. The summed E-state index contributed by atoms with van der Waals surface area (Å²) in [5.74, 6) is 0.647. The molecule has 0 spiro atoms. The van der Waals surface area contributed by atoms with E-state index in [9.17, 15) is 0 Å². The summed E-state index contributed by atoms with van der Waals surface area (Å²) in [4.78, 5) is 0. The Hall–Kier alpha value is -1.53. The van der Waals surface area contributed by atoms with Crippen LogP contribution in [-0.4, -0.2) is 11.2 Å². The smallest absolute Gasteiger partial charge is 0.126 e. The monoisotopic (exact) mass is 189 g/mol. The summed E-state index contributed by atoms with van der Waals surface area (Å²) in [7, 11) is 0. The van der Waals surface area contributed by atoms with Gasteiger partial charge in [-0.25, -0.2) is 0 Å². The van der Waals surface area contributed by atoms with Crippen LogP contribution in [-0.2, 0) is 6.61 Å². The Morgan fingerprint density at radius 3 is 2.86 bits per heavy atom. The number of aliphatic hydroxyl groups excluding tert-OH is 1. The molecule has 0 aromatic heterocycles. The molecular formula is C11H11NO2. The average Bonchev–Trinajstić information content (AvgIpc) is 3.01. The Morgan fingerprint density at radius 2 is 2.29 bits per heavy atom. The molecule has 1 N–H and O–H groups in total. The van der Waals surface area contributed by atoms with E-state index >= 15 is 0 Å². The van der Waals surface area contributed by atoms with Gasteiger partial charge in [0.05, 0.1) is 24.3 Å². The van der Waals surface area contributed by atoms with Crippen molar-refractivity contribution < 1.29 is 9.84 Å². The Bertz CT molecular complexity index is 377. The molecule has 0 atom stereocenters. The second kappa shape index (κ2) is 3.69. The number of ether oxygens (including phenoxy) is 1. The van der Waals surface area contributed by atoms with E-state index in [4.69, 9.17) is 15.1 Å². The van der Waals surface area contributed by atoms with Gasteiger partial charge >= 0.3 is 0 Å². The van der Waals surface area contributed by atoms with Gasteiger partial charge in [-0.1, -0.05) is 6.07 Å². The third-order valence-electron chi connectivity index (χ3n) is 2.18. The van der Waals surface area contributed by atoms with Crippen molar-refractivity contribution >= 4 is 0 Å². The zero-order valence-corrected chi connectivity index (χ0v) is 7.73. The molecular weight excluding hydrogens is 178 g/mol. The minimum atomic E-state index is -0.0479. The predicted octanol–water partition coefficient (Wildman–Crippen LogP) is 1.59. The van der Waals surface area contributed by atoms with Gasteiger partial charge in [-0.05, 0) is 25.0 Å². The van der Waals surface area contributed by atoms with Crippen molar-refractivity contribution in [2.24, 2.45) is 0 Å². The van der Waals surface area contributed by atoms with Crippen LogP contribution in [0.3, 0.4) is 0 Å². The lowest BCUT2D eigenvalue weighted by molar-refractivity contribution is 0.258. The molecule has 0 unspecified atom stereocenters. The third kappa shape index (κ3) is 1.86. The summed E-state index contributed by atoms with van der Waals surface area (Å²) in [5.41, 5.74) is 1.31. The molecule has 0 aliphatic heterocycles. The molecule has 0 bridgehead atoms. The standard InChI is InChI=1S/C11H11NO2/c12-6-8-1-2-9(7-13)11(5-8)14-10-3-4-10/h1-2,5,10,13H,3-4,7H2. The van der Waals surface area contributed by atoms with Gasteiger partial charge in [0.15, 0.2) is 0 Å². The highest BCUT2D eigenvalue weighted by molar-refractivity contribution is 5.42. The summed E-state index contributed by atoms with van der Waals surface area (Å²) >= 11 is 0. The summed E-state index contributed by atoms with van der Waals surface area (Å²) in [6, 6.07) is 7.15. The van der Waals surface area contributed by atoms with Crippen molar-refractivity contribution in [1.82, 2.24) is 0 Å². The van der Waals surface area contributed by atoms with Crippen molar-refractivity contribution in [3.8, 4) is 11.8 Å². The van der Waals surface area contributed by atoms with Gasteiger partial charge in [-0.3, -0.25) is 0 Å². The Labute approximate surface area is 82.6 Å². The maximum Gasteiger partial charge on any atom is 0.126 e. The van der Waals surface area contributed by atoms with E-state index in [-0.39, 0.29) is 12.7 Å². The highest BCUT2D eigenvalue weighted by Gasteiger charge is 2.24. The van der Waals surface area contributed by atoms with E-state index in [1.807, 2.05) is 0 Å². The summed E-state index contributed by atoms with van der Waals surface area (Å²) in [6.07, 6.45) is 2.43. The number of rotatable bonds is 3. The van der Waals surface area contributed by atoms with Crippen molar-refractivity contribution in [1.29, 1.82) is 5.26 Å². The van der Waals surface area contributed by atoms with Crippen LogP contribution in [0.5, 0.6) is 5.75 Å². The van der Waals surface area contributed by atoms with Crippen LogP contribution in [0, 0.1) is 11.3 Å². The molecule has 1 aromatic rings. The molecule has 1 saturated carbocycles. The normalized spacial score (nSPS) is 14.9. The maximum atomic E-state index is 9.05. The topological polar surface area (TPSA) is 53.2 Å². The van der Waals surface area contributed by atoms with Gasteiger partial charge < -0.3 is 9.84 Å². The van der Waals surface area contributed by atoms with Gasteiger partial charge in [-0.2, -0.15) is 5.26 Å². The first-order chi connectivity index (χ1) is 6.83. The molecule has 3 heteroatoms. The first-order valence-electron chi connectivity index (χ1n) is 4.64. The number of nitrogens with zero attached hydrogens (tertiary/aromatic N) is 1. The van der Waals surface area contributed by atoms with E-state index in [0.29, 0.717) is 11.3 Å². The molecule has 1 aliphatic carbocycles. The summed E-state index contributed by atoms with van der Waals surface area (Å²) in [5, 5.41) is 17.8. The zero-order valence-electron chi connectivity index (χ0n) is 7.73. The van der Waals surface area contributed by atoms with Gasteiger partial charge in [0.25, 0.3) is 0 Å². The largest absolute Gasteiger partial charge is 0.490 e. The number of hydrogen-bond donors (Lipinski definition) is 1. The van der Waals surface area contributed by atoms with Crippen LogP contribution in [0.15, 0.2) is 18.2 Å². The predicted molar refractivity (Wildman–Crippen MR) is 50.7 cm³/mol. The minimum absolute atomic E-state index is 0.0479. The Kier molecular flexibility index (Phi) is 2.38. The molecule has 72 valence electrons. The van der Waals surface area contributed by atoms with E-state index in [1.54, 1.807) is 18.2 Å². The molecule has 0 radical (unpaired) electrons. The first kappa shape index (κ1) is 9.04. The molecule has 0 amide bonds. The fraction of sp³-hybridized carbons (Fsp3) is 0.364. The maximum absolute atomic E-state index is 9.05. The van der Waals surface area contributed by atoms with Crippen LogP contribution in [0.2, 0.25) is 0 Å². The quantitative estimate of drug-likeness (QED) is 0.785. The van der Waals surface area contributed by atoms with Crippen LogP contribution >= 0.6 is 0 Å². The molecule has 0 heterocycles. The van der Waals surface area contributed by atoms with E-state index in [2.05, 4.69) is 6.07 Å². The van der Waals surface area contributed by atoms with Gasteiger partial charge in [0, 0.05) is 5.56 Å². The highest BCUT2D eigenvalue weighted by Crippen LogP contribution is 2.29. The SMILES string of the molecule is N#Cc1ccc(CO)c(OC2CC2)c1. The first-order valence-corrected chi connectivity index (χ1v) is 4.64. The van der Waals surface area contributed by atoms with Crippen LogP contribution in [0.25, 0.3) is 0 Å². The highest BCUT2D eigenvalue weighted by atomic mass is 16.5. The summed E-state index contributed by atoms with van der Waals surface area (Å²) in [6.45, 7) is -0.0479. The van der Waals surface area contributed by atoms with E-state index in [0.717, 1.165) is 18.4 Å². The lowest BCUT2D eigenvalue weighted by Crippen LogP contribution is -2.00. The van der Waals surface area contributed by atoms with E-state index in [1.165, 1.54) is 0 Å². The Morgan fingerprint density at radius 1 is 1.50 bits per heavy atom. The third-order valence-corrected chi connectivity index (χ3v) is 2.18. The number of nitriles is 1. The lowest BCUT2D eigenvalue weighted by Gasteiger charge is -2.08. The van der Waals surface area contributed by atoms with Gasteiger partial charge in [-0.15, -0.1) is 0 Å². The summed E-state index contributed by atoms with van der Waals surface area (Å²) < 4.78 is 5.58. The van der Waals surface area contributed by atoms with Crippen molar-refractivity contribution in [2.75, 3.05) is 0 Å². The van der Waals surface area contributed by atoms with Gasteiger partial charge in [0.2, 0.25) is 0 Å². The lowest BCUT2D eigenvalue weighted by atomic mass is 10.1. The zero-order chi connectivity index (χ0) is 9.97. The van der Waals surface area contributed by atoms with Crippen LogP contribution in [0.1, 0.15) is 24.0 Å². The molecule has 1 aliphatic rings. The van der Waals surface area contributed by atoms with Crippen molar-refractivity contribution in [3.05, 3.63) is 29.3 Å². The molecule has 2 rings (SSSR count). The number of hydrogen-bond acceptors (Lipinski definition) is 3. The molecule has 0 saturated heterocycles. The number of aliphatic hydroxyl groups is 1. The molecule has 14 heavy (non-hydrogen) atoms. The van der Waals surface area contributed by atoms with Gasteiger partial charge in [0.1, 0.15) is 5.75 Å². The van der Waals surface area contributed by atoms with Crippen molar-refractivity contribution in [3.63, 3.8) is 0 Å².